The van der Waals surface area contributed by atoms with E-state index < -0.39 is 0 Å². The molecule has 0 saturated heterocycles. The van der Waals surface area contributed by atoms with Gasteiger partial charge in [-0.1, -0.05) is 39.3 Å². The van der Waals surface area contributed by atoms with Crippen molar-refractivity contribution in [1.29, 1.82) is 0 Å². The number of carbonyl (C=O) groups excluding carboxylic acids is 1. The van der Waals surface area contributed by atoms with Crippen molar-refractivity contribution in [2.45, 2.75) is 45.4 Å². The van der Waals surface area contributed by atoms with E-state index in [9.17, 15) is 4.79 Å². The van der Waals surface area contributed by atoms with E-state index in [1.165, 1.54) is 12.8 Å². The number of unbranched alkanes of at least 4 members (excludes halogenated alkanes) is 1. The number of nitrogens with one attached hydrogen (secondary N) is 1. The van der Waals surface area contributed by atoms with E-state index in [1.54, 1.807) is 0 Å². The zero-order valence-corrected chi connectivity index (χ0v) is 14.1. The molecule has 0 heterocycles. The molecule has 4 heteroatoms. The molecule has 0 saturated carbocycles. The fourth-order valence-corrected chi connectivity index (χ4v) is 2.46. The van der Waals surface area contributed by atoms with Crippen LogP contribution in [0.25, 0.3) is 0 Å². The Hall–Kier alpha value is -1.06. The predicted octanol–water partition coefficient (Wildman–Crippen LogP) is 4.44. The molecule has 1 aromatic carbocycles. The summed E-state index contributed by atoms with van der Waals surface area (Å²) in [6.07, 6.45) is 2.90. The highest BCUT2D eigenvalue weighted by atomic mass is 35.5. The number of carbonyl (C=O) groups is 1. The lowest BCUT2D eigenvalue weighted by molar-refractivity contribution is -0.115. The fourth-order valence-electron chi connectivity index (χ4n) is 2.12. The van der Waals surface area contributed by atoms with Crippen LogP contribution in [0.15, 0.2) is 24.3 Å². The molecular formula is C17H27ClN2O. The van der Waals surface area contributed by atoms with Crippen molar-refractivity contribution in [3.63, 3.8) is 0 Å². The van der Waals surface area contributed by atoms with Crippen LogP contribution >= 0.6 is 11.6 Å². The van der Waals surface area contributed by atoms with E-state index in [4.69, 9.17) is 11.6 Å². The lowest BCUT2D eigenvalue weighted by Crippen LogP contribution is -2.28. The van der Waals surface area contributed by atoms with E-state index in [1.807, 2.05) is 31.2 Å². The summed E-state index contributed by atoms with van der Waals surface area (Å²) in [5.41, 5.74) is 1.92. The minimum absolute atomic E-state index is 0.0160. The highest BCUT2D eigenvalue weighted by Crippen LogP contribution is 2.23. The van der Waals surface area contributed by atoms with Gasteiger partial charge in [0.05, 0.1) is 5.38 Å². The van der Waals surface area contributed by atoms with Crippen LogP contribution < -0.4 is 5.32 Å². The Morgan fingerprint density at radius 2 is 1.90 bits per heavy atom. The molecule has 118 valence electrons. The monoisotopic (exact) mass is 310 g/mol. The molecule has 1 amide bonds. The van der Waals surface area contributed by atoms with Gasteiger partial charge in [0.25, 0.3) is 0 Å². The number of nitrogens with zero attached hydrogens (tertiary/aromatic N) is 1. The van der Waals surface area contributed by atoms with Crippen molar-refractivity contribution >= 4 is 23.2 Å². The first-order valence-electron chi connectivity index (χ1n) is 7.86. The van der Waals surface area contributed by atoms with Crippen molar-refractivity contribution in [3.8, 4) is 0 Å². The third kappa shape index (κ3) is 6.49. The van der Waals surface area contributed by atoms with Crippen LogP contribution in [0.5, 0.6) is 0 Å². The normalized spacial score (nSPS) is 12.4. The molecule has 1 aromatic rings. The van der Waals surface area contributed by atoms with Crippen LogP contribution in [0.4, 0.5) is 5.69 Å². The molecule has 0 bridgehead atoms. The van der Waals surface area contributed by atoms with Crippen LogP contribution in [0.1, 0.15) is 51.0 Å². The van der Waals surface area contributed by atoms with Crippen LogP contribution in [-0.2, 0) is 4.79 Å². The Labute approximate surface area is 133 Å². The van der Waals surface area contributed by atoms with E-state index in [0.717, 1.165) is 30.9 Å². The van der Waals surface area contributed by atoms with E-state index in [2.05, 4.69) is 24.1 Å². The average molecular weight is 311 g/mol. The number of amides is 1. The predicted molar refractivity (Wildman–Crippen MR) is 91.0 cm³/mol. The molecular weight excluding hydrogens is 284 g/mol. The molecule has 0 aliphatic carbocycles. The van der Waals surface area contributed by atoms with Gasteiger partial charge in [0.1, 0.15) is 0 Å². The minimum Gasteiger partial charge on any atom is -0.326 e. The third-order valence-electron chi connectivity index (χ3n) is 3.57. The Morgan fingerprint density at radius 1 is 1.24 bits per heavy atom. The first-order valence-corrected chi connectivity index (χ1v) is 8.30. The van der Waals surface area contributed by atoms with Gasteiger partial charge in [-0.2, -0.15) is 0 Å². The van der Waals surface area contributed by atoms with Gasteiger partial charge >= 0.3 is 0 Å². The largest absolute Gasteiger partial charge is 0.326 e. The van der Waals surface area contributed by atoms with Gasteiger partial charge in [-0.3, -0.25) is 4.79 Å². The van der Waals surface area contributed by atoms with Gasteiger partial charge in [-0.25, -0.2) is 0 Å². The van der Waals surface area contributed by atoms with Crippen LogP contribution in [-0.4, -0.2) is 30.4 Å². The molecule has 1 atom stereocenters. The molecule has 1 N–H and O–H groups in total. The van der Waals surface area contributed by atoms with Crippen LogP contribution in [0.2, 0.25) is 0 Å². The number of benzene rings is 1. The molecule has 0 radical (unpaired) electrons. The van der Waals surface area contributed by atoms with Crippen molar-refractivity contribution in [2.24, 2.45) is 0 Å². The first kappa shape index (κ1) is 18.0. The molecule has 0 aromatic heterocycles. The van der Waals surface area contributed by atoms with Crippen molar-refractivity contribution in [1.82, 2.24) is 4.90 Å². The van der Waals surface area contributed by atoms with Crippen molar-refractivity contribution in [3.05, 3.63) is 29.8 Å². The maximum atomic E-state index is 11.3. The third-order valence-corrected chi connectivity index (χ3v) is 3.96. The summed E-state index contributed by atoms with van der Waals surface area (Å²) in [5, 5.41) is 2.83. The summed E-state index contributed by atoms with van der Waals surface area (Å²) >= 11 is 6.51. The lowest BCUT2D eigenvalue weighted by Gasteiger charge is -2.23. The first-order chi connectivity index (χ1) is 10.1. The number of alkyl halides is 1. The van der Waals surface area contributed by atoms with Crippen LogP contribution in [0.3, 0.4) is 0 Å². The number of halogens is 1. The summed E-state index contributed by atoms with van der Waals surface area (Å²) < 4.78 is 0. The molecule has 3 nitrogen and oxygen atoms in total. The van der Waals surface area contributed by atoms with E-state index >= 15 is 0 Å². The second-order valence-electron chi connectivity index (χ2n) is 5.24. The van der Waals surface area contributed by atoms with E-state index in [-0.39, 0.29) is 11.3 Å². The van der Waals surface area contributed by atoms with Gasteiger partial charge < -0.3 is 10.2 Å². The number of hydrogen-bond acceptors (Lipinski definition) is 2. The van der Waals surface area contributed by atoms with Crippen molar-refractivity contribution in [2.75, 3.05) is 25.0 Å². The fraction of sp³-hybridized carbons (Fsp3) is 0.588. The van der Waals surface area contributed by atoms with Gasteiger partial charge in [0.2, 0.25) is 5.91 Å². The Kier molecular flexibility index (Phi) is 8.40. The lowest BCUT2D eigenvalue weighted by atomic mass is 10.1. The second kappa shape index (κ2) is 9.80. The molecule has 21 heavy (non-hydrogen) atoms. The molecule has 0 aliphatic rings. The van der Waals surface area contributed by atoms with E-state index in [0.29, 0.717) is 6.42 Å². The maximum Gasteiger partial charge on any atom is 0.224 e. The molecule has 0 fully saturated rings. The van der Waals surface area contributed by atoms with Gasteiger partial charge in [-0.05, 0) is 37.2 Å². The Balaban J connectivity index is 2.57. The Bertz CT molecular complexity index is 419. The molecule has 1 rings (SSSR count). The number of likely N-dealkylation sites (N-methyl/N-ethyl adjacent to an activating group) is 1. The zero-order valence-electron chi connectivity index (χ0n) is 13.4. The van der Waals surface area contributed by atoms with Crippen LogP contribution in [0, 0.1) is 0 Å². The molecule has 0 spiro atoms. The number of anilines is 1. The number of hydrogen-bond donors (Lipinski definition) is 1. The standard InChI is InChI=1S/C17H27ClN2O/c1-4-7-12-20(6-3)13-16(18)14-8-10-15(11-9-14)19-17(21)5-2/h8-11,16H,4-7,12-13H2,1-3H3,(H,19,21). The molecule has 0 aliphatic heterocycles. The highest BCUT2D eigenvalue weighted by Gasteiger charge is 2.12. The molecule has 1 unspecified atom stereocenters. The summed E-state index contributed by atoms with van der Waals surface area (Å²) in [6.45, 7) is 9.19. The minimum atomic E-state index is -0.0160. The highest BCUT2D eigenvalue weighted by molar-refractivity contribution is 6.21. The average Bonchev–Trinajstić information content (AvgIpc) is 2.51. The summed E-state index contributed by atoms with van der Waals surface area (Å²) in [5.74, 6) is 0.0295. The zero-order chi connectivity index (χ0) is 15.7. The maximum absolute atomic E-state index is 11.3. The Morgan fingerprint density at radius 3 is 2.43 bits per heavy atom. The SMILES string of the molecule is CCCCN(CC)CC(Cl)c1ccc(NC(=O)CC)cc1. The van der Waals surface area contributed by atoms with Crippen molar-refractivity contribution < 1.29 is 4.79 Å². The summed E-state index contributed by atoms with van der Waals surface area (Å²) in [6, 6.07) is 7.83. The summed E-state index contributed by atoms with van der Waals surface area (Å²) in [4.78, 5) is 13.7. The summed E-state index contributed by atoms with van der Waals surface area (Å²) in [7, 11) is 0. The second-order valence-corrected chi connectivity index (χ2v) is 5.76. The van der Waals surface area contributed by atoms with Gasteiger partial charge in [-0.15, -0.1) is 11.6 Å². The smallest absolute Gasteiger partial charge is 0.224 e. The topological polar surface area (TPSA) is 32.3 Å². The van der Waals surface area contributed by atoms with Gasteiger partial charge in [0.15, 0.2) is 0 Å². The quantitative estimate of drug-likeness (QED) is 0.684. The van der Waals surface area contributed by atoms with Gasteiger partial charge in [0, 0.05) is 18.7 Å². The number of rotatable bonds is 9.